The molecule has 3 N–H and O–H groups in total. The average Bonchev–Trinajstić information content (AvgIpc) is 3.63. The van der Waals surface area contributed by atoms with Gasteiger partial charge in [-0.2, -0.15) is 0 Å². The van der Waals surface area contributed by atoms with Crippen molar-refractivity contribution in [2.75, 3.05) is 17.6 Å². The maximum Gasteiger partial charge on any atom is 0.256 e. The number of pyridine rings is 1. The number of rotatable bonds is 6. The van der Waals surface area contributed by atoms with Crippen LogP contribution < -0.4 is 11.1 Å². The summed E-state index contributed by atoms with van der Waals surface area (Å²) in [6.45, 7) is 4.30. The van der Waals surface area contributed by atoms with E-state index in [9.17, 15) is 9.59 Å². The van der Waals surface area contributed by atoms with Gasteiger partial charge in [-0.25, -0.2) is 15.0 Å². The smallest absolute Gasteiger partial charge is 0.256 e. The highest BCUT2D eigenvalue weighted by atomic mass is 16.2. The van der Waals surface area contributed by atoms with E-state index in [4.69, 9.17) is 10.7 Å². The van der Waals surface area contributed by atoms with Crippen LogP contribution in [0.4, 0.5) is 11.6 Å². The highest BCUT2D eigenvalue weighted by molar-refractivity contribution is 6.04. The standard InChI is InChI=1S/C31H29N7O2/c1-2-26(39)37-17-6-9-24(37)30-36-27(28-29(32)34-16-18-38(28)30)21-10-12-22(13-11-21)31(40)35-25-19-23(14-15-33-25)20-7-4-3-5-8-20/h2,4,7-8,10-16,18-19,24H,1,3,5-6,9,17H2,(H2,32,34)(H,33,35,40)/t24-/m0/s1. The van der Waals surface area contributed by atoms with E-state index in [-0.39, 0.29) is 17.9 Å². The molecule has 0 unspecified atom stereocenters. The number of fused-ring (bicyclic) bond motifs is 1. The largest absolute Gasteiger partial charge is 0.382 e. The molecule has 9 nitrogen and oxygen atoms in total. The summed E-state index contributed by atoms with van der Waals surface area (Å²) in [5.41, 5.74) is 11.0. The zero-order valence-electron chi connectivity index (χ0n) is 22.0. The van der Waals surface area contributed by atoms with Crippen LogP contribution in [0.3, 0.4) is 0 Å². The number of amides is 2. The quantitative estimate of drug-likeness (QED) is 0.330. The second-order valence-corrected chi connectivity index (χ2v) is 9.84. The van der Waals surface area contributed by atoms with Gasteiger partial charge in [-0.15, -0.1) is 0 Å². The number of nitrogens with one attached hydrogen (secondary N) is 1. The molecule has 4 aromatic rings. The number of likely N-dealkylation sites (tertiary alicyclic amines) is 1. The molecule has 0 spiro atoms. The first-order valence-corrected chi connectivity index (χ1v) is 13.3. The summed E-state index contributed by atoms with van der Waals surface area (Å²) in [7, 11) is 0. The molecule has 2 amide bonds. The van der Waals surface area contributed by atoms with Gasteiger partial charge < -0.3 is 16.0 Å². The number of hydrogen-bond acceptors (Lipinski definition) is 6. The lowest BCUT2D eigenvalue weighted by molar-refractivity contribution is -0.127. The lowest BCUT2D eigenvalue weighted by Gasteiger charge is -2.22. The molecule has 1 fully saturated rings. The van der Waals surface area contributed by atoms with Crippen LogP contribution in [0.15, 0.2) is 85.9 Å². The maximum absolute atomic E-state index is 13.0. The maximum atomic E-state index is 13.0. The van der Waals surface area contributed by atoms with Crippen molar-refractivity contribution in [2.24, 2.45) is 0 Å². The van der Waals surface area contributed by atoms with Crippen LogP contribution in [0.2, 0.25) is 0 Å². The number of nitrogens with two attached hydrogens (primary N) is 1. The summed E-state index contributed by atoms with van der Waals surface area (Å²) in [5.74, 6) is 1.18. The van der Waals surface area contributed by atoms with E-state index >= 15 is 0 Å². The van der Waals surface area contributed by atoms with Crippen LogP contribution in [-0.4, -0.2) is 42.6 Å². The number of carbonyl (C=O) groups excluding carboxylic acids is 2. The number of imidazole rings is 1. The van der Waals surface area contributed by atoms with E-state index < -0.39 is 0 Å². The van der Waals surface area contributed by atoms with Crippen LogP contribution in [0, 0.1) is 0 Å². The van der Waals surface area contributed by atoms with Crippen molar-refractivity contribution in [3.05, 3.63) is 103 Å². The van der Waals surface area contributed by atoms with Crippen molar-refractivity contribution >= 4 is 34.5 Å². The van der Waals surface area contributed by atoms with Gasteiger partial charge in [-0.05, 0) is 67.2 Å². The third kappa shape index (κ3) is 4.66. The molecular weight excluding hydrogens is 502 g/mol. The van der Waals surface area contributed by atoms with Crippen molar-refractivity contribution in [3.63, 3.8) is 0 Å². The molecule has 4 heterocycles. The van der Waals surface area contributed by atoms with Crippen molar-refractivity contribution < 1.29 is 9.59 Å². The topological polar surface area (TPSA) is 119 Å². The van der Waals surface area contributed by atoms with Crippen molar-refractivity contribution in [2.45, 2.75) is 31.7 Å². The number of nitrogens with zero attached hydrogens (tertiary/aromatic N) is 5. The molecule has 3 aromatic heterocycles. The van der Waals surface area contributed by atoms with Gasteiger partial charge in [0, 0.05) is 36.3 Å². The Morgan fingerprint density at radius 1 is 1.07 bits per heavy atom. The SMILES string of the molecule is C=CC(=O)N1CCC[C@H]1c1nc(-c2ccc(C(=O)Nc3cc(C4=CCCC=C4)ccn3)cc2)c2c(N)nccn12. The number of hydrogen-bond donors (Lipinski definition) is 2. The third-order valence-electron chi connectivity index (χ3n) is 7.37. The Hall–Kier alpha value is -5.05. The summed E-state index contributed by atoms with van der Waals surface area (Å²) in [4.78, 5) is 40.9. The molecular formula is C31H29N7O2. The van der Waals surface area contributed by atoms with Crippen molar-refractivity contribution in [3.8, 4) is 11.3 Å². The third-order valence-corrected chi connectivity index (χ3v) is 7.37. The number of anilines is 2. The van der Waals surface area contributed by atoms with Gasteiger partial charge in [-0.3, -0.25) is 14.0 Å². The number of nitrogen functional groups attached to an aromatic ring is 1. The monoisotopic (exact) mass is 531 g/mol. The van der Waals surface area contributed by atoms with Crippen LogP contribution in [-0.2, 0) is 4.79 Å². The Morgan fingerprint density at radius 2 is 1.93 bits per heavy atom. The van der Waals surface area contributed by atoms with Gasteiger partial charge in [0.15, 0.2) is 0 Å². The minimum absolute atomic E-state index is 0.120. The molecule has 200 valence electrons. The molecule has 1 saturated heterocycles. The number of aromatic nitrogens is 4. The van der Waals surface area contributed by atoms with E-state index in [0.29, 0.717) is 35.0 Å². The molecule has 40 heavy (non-hydrogen) atoms. The van der Waals surface area contributed by atoms with Crippen LogP contribution in [0.5, 0.6) is 0 Å². The first kappa shape index (κ1) is 25.2. The first-order chi connectivity index (χ1) is 19.5. The predicted octanol–water partition coefficient (Wildman–Crippen LogP) is 5.21. The Balaban J connectivity index is 1.28. The van der Waals surface area contributed by atoms with Gasteiger partial charge >= 0.3 is 0 Å². The Labute approximate surface area is 231 Å². The summed E-state index contributed by atoms with van der Waals surface area (Å²) >= 11 is 0. The molecule has 1 aliphatic carbocycles. The van der Waals surface area contributed by atoms with Crippen LogP contribution in [0.25, 0.3) is 22.3 Å². The predicted molar refractivity (Wildman–Crippen MR) is 155 cm³/mol. The van der Waals surface area contributed by atoms with E-state index in [1.807, 2.05) is 34.9 Å². The molecule has 9 heteroatoms. The van der Waals surface area contributed by atoms with E-state index in [1.54, 1.807) is 29.4 Å². The summed E-state index contributed by atoms with van der Waals surface area (Å²) in [6, 6.07) is 10.8. The lowest BCUT2D eigenvalue weighted by Crippen LogP contribution is -2.29. The molecule has 0 saturated carbocycles. The average molecular weight is 532 g/mol. The van der Waals surface area contributed by atoms with E-state index in [2.05, 4.69) is 40.1 Å². The molecule has 1 aromatic carbocycles. The fourth-order valence-electron chi connectivity index (χ4n) is 5.41. The fourth-order valence-corrected chi connectivity index (χ4v) is 5.41. The fraction of sp³-hybridized carbons (Fsp3) is 0.194. The zero-order chi connectivity index (χ0) is 27.6. The van der Waals surface area contributed by atoms with Gasteiger partial charge in [0.2, 0.25) is 5.91 Å². The van der Waals surface area contributed by atoms with Crippen molar-refractivity contribution in [1.29, 1.82) is 0 Å². The molecule has 1 aliphatic heterocycles. The minimum Gasteiger partial charge on any atom is -0.382 e. The zero-order valence-corrected chi connectivity index (χ0v) is 22.0. The molecule has 0 bridgehead atoms. The lowest BCUT2D eigenvalue weighted by atomic mass is 10.0. The van der Waals surface area contributed by atoms with Crippen molar-refractivity contribution in [1.82, 2.24) is 24.3 Å². The highest BCUT2D eigenvalue weighted by Gasteiger charge is 2.33. The minimum atomic E-state index is -0.259. The van der Waals surface area contributed by atoms with E-state index in [0.717, 1.165) is 48.2 Å². The van der Waals surface area contributed by atoms with Gasteiger partial charge in [0.1, 0.15) is 28.7 Å². The molecule has 6 rings (SSSR count). The molecule has 1 atom stereocenters. The van der Waals surface area contributed by atoms with Gasteiger partial charge in [0.05, 0.1) is 6.04 Å². The second-order valence-electron chi connectivity index (χ2n) is 9.84. The van der Waals surface area contributed by atoms with Gasteiger partial charge in [0.25, 0.3) is 5.91 Å². The number of carbonyl (C=O) groups is 2. The molecule has 0 radical (unpaired) electrons. The summed E-state index contributed by atoms with van der Waals surface area (Å²) < 4.78 is 1.91. The first-order valence-electron chi connectivity index (χ1n) is 13.3. The van der Waals surface area contributed by atoms with Crippen LogP contribution >= 0.6 is 0 Å². The summed E-state index contributed by atoms with van der Waals surface area (Å²) in [6.07, 6.45) is 16.6. The number of allylic oxidation sites excluding steroid dienone is 4. The Bertz CT molecular complexity index is 1680. The molecule has 2 aliphatic rings. The second kappa shape index (κ2) is 10.6. The summed E-state index contributed by atoms with van der Waals surface area (Å²) in [5, 5.41) is 2.90. The van der Waals surface area contributed by atoms with Gasteiger partial charge in [-0.1, -0.05) is 36.9 Å². The Kier molecular flexibility index (Phi) is 6.69. The number of benzene rings is 1. The Morgan fingerprint density at radius 3 is 2.70 bits per heavy atom. The van der Waals surface area contributed by atoms with Crippen LogP contribution in [0.1, 0.15) is 53.5 Å². The normalized spacial score (nSPS) is 16.6. The van der Waals surface area contributed by atoms with E-state index in [1.165, 1.54) is 6.08 Å². The highest BCUT2D eigenvalue weighted by Crippen LogP contribution is 2.36.